The Morgan fingerprint density at radius 3 is 2.48 bits per heavy atom. The summed E-state index contributed by atoms with van der Waals surface area (Å²) in [7, 11) is 3.47. The first-order valence-corrected chi connectivity index (χ1v) is 13.5. The molecule has 0 unspecified atom stereocenters. The Balaban J connectivity index is 1.22. The van der Waals surface area contributed by atoms with Crippen molar-refractivity contribution in [3.8, 4) is 28.2 Å². The second kappa shape index (κ2) is 10.9. The molecule has 0 spiro atoms. The molecular weight excluding hydrogens is 532 g/mol. The van der Waals surface area contributed by atoms with E-state index >= 15 is 0 Å². The Kier molecular flexibility index (Phi) is 7.01. The highest BCUT2D eigenvalue weighted by Gasteiger charge is 2.27. The molecule has 11 nitrogen and oxygen atoms in total. The number of hydrogen-bond donors (Lipinski definition) is 2. The molecule has 3 aromatic heterocycles. The van der Waals surface area contributed by atoms with Gasteiger partial charge >= 0.3 is 0 Å². The Morgan fingerprint density at radius 2 is 1.76 bits per heavy atom. The van der Waals surface area contributed by atoms with E-state index in [0.717, 1.165) is 30.0 Å². The lowest BCUT2D eigenvalue weighted by Gasteiger charge is -2.39. The van der Waals surface area contributed by atoms with Crippen LogP contribution in [-0.4, -0.2) is 56.5 Å². The number of hydrogen-bond acceptors (Lipinski definition) is 8. The van der Waals surface area contributed by atoms with E-state index in [1.54, 1.807) is 50.3 Å². The zero-order valence-corrected chi connectivity index (χ0v) is 23.5. The molecule has 0 bridgehead atoms. The maximum absolute atomic E-state index is 13.2. The van der Waals surface area contributed by atoms with Crippen molar-refractivity contribution in [1.82, 2.24) is 24.3 Å². The van der Waals surface area contributed by atoms with Gasteiger partial charge in [-0.05, 0) is 43.3 Å². The number of anilines is 3. The number of para-hydroxylation sites is 1. The molecule has 2 aromatic carbocycles. The summed E-state index contributed by atoms with van der Waals surface area (Å²) in [6.07, 6.45) is 3.62. The van der Waals surface area contributed by atoms with Crippen molar-refractivity contribution < 1.29 is 9.53 Å². The quantitative estimate of drug-likeness (QED) is 0.307. The van der Waals surface area contributed by atoms with Gasteiger partial charge in [-0.15, -0.1) is 0 Å². The second-order valence-electron chi connectivity index (χ2n) is 10.1. The third kappa shape index (κ3) is 4.90. The van der Waals surface area contributed by atoms with Gasteiger partial charge in [-0.2, -0.15) is 0 Å². The fourth-order valence-electron chi connectivity index (χ4n) is 5.01. The Labute approximate surface area is 242 Å². The number of nitrogen functional groups attached to an aromatic ring is 1. The van der Waals surface area contributed by atoms with Crippen LogP contribution in [0.5, 0.6) is 0 Å². The maximum atomic E-state index is 13.2. The number of ether oxygens (including phenoxy) is 1. The molecule has 11 heteroatoms. The van der Waals surface area contributed by atoms with Crippen LogP contribution in [0.3, 0.4) is 0 Å². The molecule has 1 saturated heterocycles. The van der Waals surface area contributed by atoms with Crippen LogP contribution < -0.4 is 21.5 Å². The molecule has 42 heavy (non-hydrogen) atoms. The number of methoxy groups -OCH3 is 1. The van der Waals surface area contributed by atoms with Crippen molar-refractivity contribution >= 4 is 23.2 Å². The summed E-state index contributed by atoms with van der Waals surface area (Å²) in [5.74, 6) is 0.659. The molecule has 212 valence electrons. The monoisotopic (exact) mass is 562 g/mol. The van der Waals surface area contributed by atoms with E-state index < -0.39 is 5.91 Å². The van der Waals surface area contributed by atoms with E-state index in [1.807, 2.05) is 54.6 Å². The van der Waals surface area contributed by atoms with Gasteiger partial charge in [0, 0.05) is 50.3 Å². The fourth-order valence-corrected chi connectivity index (χ4v) is 5.01. The normalized spacial score (nSPS) is 13.2. The predicted molar refractivity (Wildman–Crippen MR) is 162 cm³/mol. The molecule has 3 N–H and O–H groups in total. The first-order valence-electron chi connectivity index (χ1n) is 13.5. The minimum absolute atomic E-state index is 0.0842. The Hall–Kier alpha value is -5.29. The van der Waals surface area contributed by atoms with Crippen LogP contribution in [0.2, 0.25) is 0 Å². The zero-order chi connectivity index (χ0) is 29.4. The third-order valence-electron chi connectivity index (χ3n) is 7.54. The number of carbonyl (C=O) groups is 1. The molecule has 4 heterocycles. The Bertz CT molecular complexity index is 1820. The van der Waals surface area contributed by atoms with Crippen LogP contribution in [0.15, 0.2) is 83.9 Å². The number of carbonyl (C=O) groups excluding carboxylic acids is 1. The summed E-state index contributed by atoms with van der Waals surface area (Å²) < 4.78 is 8.53. The summed E-state index contributed by atoms with van der Waals surface area (Å²) in [6, 6.07) is 20.2. The lowest BCUT2D eigenvalue weighted by molar-refractivity contribution is 0.0783. The van der Waals surface area contributed by atoms with E-state index in [1.165, 1.54) is 4.68 Å². The molecule has 1 aliphatic rings. The molecular formula is C31H30N8O3. The number of rotatable bonds is 7. The number of nitrogens with zero attached hydrogens (tertiary/aromatic N) is 6. The van der Waals surface area contributed by atoms with Gasteiger partial charge in [-0.1, -0.05) is 30.3 Å². The predicted octanol–water partition coefficient (Wildman–Crippen LogP) is 3.67. The molecule has 1 amide bonds. The van der Waals surface area contributed by atoms with E-state index in [0.29, 0.717) is 28.5 Å². The van der Waals surface area contributed by atoms with Gasteiger partial charge in [-0.25, -0.2) is 19.6 Å². The molecule has 1 aliphatic heterocycles. The highest BCUT2D eigenvalue weighted by Crippen LogP contribution is 2.29. The number of amides is 1. The highest BCUT2D eigenvalue weighted by molar-refractivity contribution is 6.05. The number of benzene rings is 2. The van der Waals surface area contributed by atoms with E-state index in [2.05, 4.69) is 20.2 Å². The molecule has 5 aromatic rings. The summed E-state index contributed by atoms with van der Waals surface area (Å²) in [5.41, 5.74) is 10.5. The number of nitrogens with two attached hydrogens (primary N) is 1. The SMILES string of the molecule is COC1CN(c2cc(-c3cnc(N)c(-c4ccc(NC(=O)c5c(C)n(C)n(-c6ccccc6)c5=O)cc4)n3)ccn2)C1. The van der Waals surface area contributed by atoms with Crippen molar-refractivity contribution in [2.24, 2.45) is 7.05 Å². The molecule has 0 saturated carbocycles. The third-order valence-corrected chi connectivity index (χ3v) is 7.54. The highest BCUT2D eigenvalue weighted by atomic mass is 16.5. The minimum atomic E-state index is -0.482. The maximum Gasteiger partial charge on any atom is 0.284 e. The lowest BCUT2D eigenvalue weighted by Crippen LogP contribution is -2.52. The van der Waals surface area contributed by atoms with E-state index in [4.69, 9.17) is 15.5 Å². The molecule has 1 fully saturated rings. The largest absolute Gasteiger partial charge is 0.382 e. The van der Waals surface area contributed by atoms with Gasteiger partial charge in [-0.3, -0.25) is 14.3 Å². The lowest BCUT2D eigenvalue weighted by atomic mass is 10.1. The number of nitrogens with one attached hydrogen (secondary N) is 1. The van der Waals surface area contributed by atoms with Gasteiger partial charge in [0.15, 0.2) is 0 Å². The summed E-state index contributed by atoms with van der Waals surface area (Å²) in [4.78, 5) is 42.2. The Morgan fingerprint density at radius 1 is 1.02 bits per heavy atom. The summed E-state index contributed by atoms with van der Waals surface area (Å²) >= 11 is 0. The van der Waals surface area contributed by atoms with Gasteiger partial charge < -0.3 is 20.7 Å². The average molecular weight is 563 g/mol. The van der Waals surface area contributed by atoms with Crippen LogP contribution in [0, 0.1) is 6.92 Å². The fraction of sp³-hybridized carbons (Fsp3) is 0.194. The number of pyridine rings is 1. The molecule has 0 radical (unpaired) electrons. The average Bonchev–Trinajstić information content (AvgIpc) is 3.21. The van der Waals surface area contributed by atoms with Gasteiger partial charge in [0.2, 0.25) is 0 Å². The van der Waals surface area contributed by atoms with E-state index in [-0.39, 0.29) is 23.0 Å². The molecule has 0 atom stereocenters. The van der Waals surface area contributed by atoms with Gasteiger partial charge in [0.1, 0.15) is 22.9 Å². The van der Waals surface area contributed by atoms with Crippen molar-refractivity contribution in [2.45, 2.75) is 13.0 Å². The van der Waals surface area contributed by atoms with Gasteiger partial charge in [0.25, 0.3) is 11.5 Å². The van der Waals surface area contributed by atoms with Crippen LogP contribution >= 0.6 is 0 Å². The smallest absolute Gasteiger partial charge is 0.284 e. The first kappa shape index (κ1) is 26.9. The van der Waals surface area contributed by atoms with Crippen molar-refractivity contribution in [3.63, 3.8) is 0 Å². The van der Waals surface area contributed by atoms with E-state index in [9.17, 15) is 9.59 Å². The van der Waals surface area contributed by atoms with Crippen molar-refractivity contribution in [2.75, 3.05) is 36.1 Å². The first-order chi connectivity index (χ1) is 20.3. The zero-order valence-electron chi connectivity index (χ0n) is 23.5. The van der Waals surface area contributed by atoms with Crippen LogP contribution in [0.4, 0.5) is 17.3 Å². The van der Waals surface area contributed by atoms with Crippen LogP contribution in [0.25, 0.3) is 28.2 Å². The standard InChI is InChI=1S/C31H30N8O3/c1-19-27(31(41)39(37(19)2)23-7-5-4-6-8-23)30(40)35-22-11-9-20(10-12-22)28-29(32)34-16-25(36-28)21-13-14-33-26(15-21)38-17-24(18-38)42-3/h4-16,24H,17-18H2,1-3H3,(H2,32,34)(H,35,40). The van der Waals surface area contributed by atoms with Gasteiger partial charge in [0.05, 0.1) is 29.4 Å². The molecule has 6 rings (SSSR count). The van der Waals surface area contributed by atoms with Crippen LogP contribution in [-0.2, 0) is 11.8 Å². The topological polar surface area (TPSA) is 133 Å². The minimum Gasteiger partial charge on any atom is -0.382 e. The number of aromatic nitrogens is 5. The second-order valence-corrected chi connectivity index (χ2v) is 10.1. The molecule has 0 aliphatic carbocycles. The van der Waals surface area contributed by atoms with Crippen LogP contribution in [0.1, 0.15) is 16.1 Å². The van der Waals surface area contributed by atoms with Crippen molar-refractivity contribution in [3.05, 3.63) is 101 Å². The summed E-state index contributed by atoms with van der Waals surface area (Å²) in [5, 5.41) is 2.84. The summed E-state index contributed by atoms with van der Waals surface area (Å²) in [6.45, 7) is 3.34. The van der Waals surface area contributed by atoms with Crippen molar-refractivity contribution in [1.29, 1.82) is 0 Å².